The molecule has 4 heteroatoms. The molecule has 2 rings (SSSR count). The minimum atomic E-state index is 0.605. The Bertz CT molecular complexity index is 331. The minimum absolute atomic E-state index is 0.605. The summed E-state index contributed by atoms with van der Waals surface area (Å²) >= 11 is 1.72. The Kier molecular flexibility index (Phi) is 4.80. The van der Waals surface area contributed by atoms with Crippen LogP contribution in [0.4, 0.5) is 5.13 Å². The Labute approximate surface area is 108 Å². The third-order valence-electron chi connectivity index (χ3n) is 3.67. The van der Waals surface area contributed by atoms with Gasteiger partial charge in [0.25, 0.3) is 0 Å². The molecular formula is C13H23N3S. The fourth-order valence-corrected chi connectivity index (χ4v) is 3.29. The second-order valence-corrected chi connectivity index (χ2v) is 6.12. The van der Waals surface area contributed by atoms with Crippen LogP contribution in [-0.2, 0) is 6.54 Å². The number of aromatic nitrogens is 1. The number of hydrogen-bond acceptors (Lipinski definition) is 4. The molecule has 96 valence electrons. The molecule has 2 N–H and O–H groups in total. The lowest BCUT2D eigenvalue weighted by Crippen LogP contribution is -2.21. The zero-order chi connectivity index (χ0) is 12.1. The largest absolute Gasteiger partial charge is 0.351 e. The summed E-state index contributed by atoms with van der Waals surface area (Å²) in [5.74, 6) is 0.945. The Morgan fingerprint density at radius 1 is 1.41 bits per heavy atom. The van der Waals surface area contributed by atoms with Crippen LogP contribution in [-0.4, -0.2) is 18.6 Å². The monoisotopic (exact) mass is 253 g/mol. The van der Waals surface area contributed by atoms with Gasteiger partial charge in [0.15, 0.2) is 5.13 Å². The van der Waals surface area contributed by atoms with Gasteiger partial charge in [-0.25, -0.2) is 4.98 Å². The highest BCUT2D eigenvalue weighted by Gasteiger charge is 2.14. The van der Waals surface area contributed by atoms with Crippen molar-refractivity contribution in [3.63, 3.8) is 0 Å². The van der Waals surface area contributed by atoms with Crippen LogP contribution >= 0.6 is 11.3 Å². The van der Waals surface area contributed by atoms with Crippen LogP contribution in [0, 0.1) is 5.92 Å². The molecule has 1 aliphatic carbocycles. The molecule has 3 nitrogen and oxygen atoms in total. The van der Waals surface area contributed by atoms with Gasteiger partial charge in [-0.1, -0.05) is 32.1 Å². The highest BCUT2D eigenvalue weighted by molar-refractivity contribution is 7.15. The number of thiazole rings is 1. The first-order chi connectivity index (χ1) is 8.29. The summed E-state index contributed by atoms with van der Waals surface area (Å²) in [6, 6.07) is 0. The van der Waals surface area contributed by atoms with E-state index in [-0.39, 0.29) is 0 Å². The molecule has 0 amide bonds. The van der Waals surface area contributed by atoms with E-state index in [0.29, 0.717) is 6.54 Å². The molecule has 0 bridgehead atoms. The number of nitrogens with two attached hydrogens (primary N) is 1. The van der Waals surface area contributed by atoms with Crippen molar-refractivity contribution in [3.05, 3.63) is 11.1 Å². The SMILES string of the molecule is CN(CCC1CCCCC1)c1ncc(CN)s1. The van der Waals surface area contributed by atoms with Crippen molar-refractivity contribution in [2.24, 2.45) is 11.7 Å². The van der Waals surface area contributed by atoms with E-state index in [1.54, 1.807) is 11.3 Å². The van der Waals surface area contributed by atoms with E-state index in [2.05, 4.69) is 16.9 Å². The highest BCUT2D eigenvalue weighted by Crippen LogP contribution is 2.27. The molecule has 1 heterocycles. The summed E-state index contributed by atoms with van der Waals surface area (Å²) in [5, 5.41) is 1.11. The molecule has 0 aliphatic heterocycles. The van der Waals surface area contributed by atoms with Gasteiger partial charge < -0.3 is 10.6 Å². The third kappa shape index (κ3) is 3.68. The van der Waals surface area contributed by atoms with Gasteiger partial charge in [0.1, 0.15) is 0 Å². The normalized spacial score (nSPS) is 17.3. The predicted molar refractivity (Wildman–Crippen MR) is 74.5 cm³/mol. The van der Waals surface area contributed by atoms with Crippen molar-refractivity contribution in [1.29, 1.82) is 0 Å². The highest BCUT2D eigenvalue weighted by atomic mass is 32.1. The van der Waals surface area contributed by atoms with E-state index in [9.17, 15) is 0 Å². The van der Waals surface area contributed by atoms with Crippen LogP contribution in [0.25, 0.3) is 0 Å². The summed E-state index contributed by atoms with van der Waals surface area (Å²) in [6.45, 7) is 1.73. The van der Waals surface area contributed by atoms with Crippen molar-refractivity contribution in [3.8, 4) is 0 Å². The Hall–Kier alpha value is -0.610. The van der Waals surface area contributed by atoms with E-state index in [4.69, 9.17) is 5.73 Å². The molecule has 1 aromatic rings. The van der Waals surface area contributed by atoms with Gasteiger partial charge >= 0.3 is 0 Å². The van der Waals surface area contributed by atoms with Crippen LogP contribution < -0.4 is 10.6 Å². The number of nitrogens with zero attached hydrogens (tertiary/aromatic N) is 2. The molecule has 17 heavy (non-hydrogen) atoms. The summed E-state index contributed by atoms with van der Waals surface area (Å²) in [7, 11) is 2.14. The first-order valence-electron chi connectivity index (χ1n) is 6.65. The van der Waals surface area contributed by atoms with Crippen molar-refractivity contribution >= 4 is 16.5 Å². The van der Waals surface area contributed by atoms with Gasteiger partial charge in [0.2, 0.25) is 0 Å². The summed E-state index contributed by atoms with van der Waals surface area (Å²) < 4.78 is 0. The van der Waals surface area contributed by atoms with Crippen LogP contribution in [0.5, 0.6) is 0 Å². The van der Waals surface area contributed by atoms with Gasteiger partial charge in [-0.2, -0.15) is 0 Å². The fourth-order valence-electron chi connectivity index (χ4n) is 2.52. The zero-order valence-corrected chi connectivity index (χ0v) is 11.5. The lowest BCUT2D eigenvalue weighted by atomic mass is 9.87. The average Bonchev–Trinajstić information content (AvgIpc) is 2.86. The lowest BCUT2D eigenvalue weighted by molar-refractivity contribution is 0.341. The third-order valence-corrected chi connectivity index (χ3v) is 4.80. The molecule has 1 fully saturated rings. The molecule has 0 unspecified atom stereocenters. The van der Waals surface area contributed by atoms with Gasteiger partial charge in [-0.15, -0.1) is 11.3 Å². The van der Waals surface area contributed by atoms with E-state index < -0.39 is 0 Å². The Balaban J connectivity index is 1.77. The van der Waals surface area contributed by atoms with Crippen molar-refractivity contribution in [2.75, 3.05) is 18.5 Å². The van der Waals surface area contributed by atoms with E-state index in [1.807, 2.05) is 6.20 Å². The fraction of sp³-hybridized carbons (Fsp3) is 0.769. The Morgan fingerprint density at radius 3 is 2.82 bits per heavy atom. The Morgan fingerprint density at radius 2 is 2.18 bits per heavy atom. The smallest absolute Gasteiger partial charge is 0.185 e. The second-order valence-electron chi connectivity index (χ2n) is 5.03. The summed E-state index contributed by atoms with van der Waals surface area (Å²) in [5.41, 5.74) is 5.61. The van der Waals surface area contributed by atoms with Gasteiger partial charge in [0, 0.05) is 31.2 Å². The van der Waals surface area contributed by atoms with Crippen LogP contribution in [0.2, 0.25) is 0 Å². The van der Waals surface area contributed by atoms with Gasteiger partial charge in [0.05, 0.1) is 0 Å². The maximum absolute atomic E-state index is 5.61. The standard InChI is InChI=1S/C13H23N3S/c1-16(13-15-10-12(9-14)17-13)8-7-11-5-3-2-4-6-11/h10-11H,2-9,14H2,1H3. The number of rotatable bonds is 5. The first kappa shape index (κ1) is 12.8. The van der Waals surface area contributed by atoms with Gasteiger partial charge in [-0.3, -0.25) is 0 Å². The first-order valence-corrected chi connectivity index (χ1v) is 7.47. The van der Waals surface area contributed by atoms with E-state index in [0.717, 1.165) is 17.6 Å². The number of anilines is 1. The van der Waals surface area contributed by atoms with Gasteiger partial charge in [-0.05, 0) is 12.3 Å². The summed E-state index contributed by atoms with van der Waals surface area (Å²) in [6.07, 6.45) is 10.4. The molecule has 0 radical (unpaired) electrons. The van der Waals surface area contributed by atoms with Crippen molar-refractivity contribution in [2.45, 2.75) is 45.1 Å². The minimum Gasteiger partial charge on any atom is -0.351 e. The summed E-state index contributed by atoms with van der Waals surface area (Å²) in [4.78, 5) is 7.86. The molecule has 1 aliphatic rings. The average molecular weight is 253 g/mol. The molecule has 1 aromatic heterocycles. The number of hydrogen-bond donors (Lipinski definition) is 1. The zero-order valence-electron chi connectivity index (χ0n) is 10.7. The van der Waals surface area contributed by atoms with E-state index in [1.165, 1.54) is 43.4 Å². The van der Waals surface area contributed by atoms with Crippen LogP contribution in [0.3, 0.4) is 0 Å². The molecule has 0 aromatic carbocycles. The molecule has 0 atom stereocenters. The van der Waals surface area contributed by atoms with Crippen molar-refractivity contribution < 1.29 is 0 Å². The van der Waals surface area contributed by atoms with Crippen LogP contribution in [0.15, 0.2) is 6.20 Å². The predicted octanol–water partition coefficient (Wildman–Crippen LogP) is 3.01. The molecular weight excluding hydrogens is 230 g/mol. The molecule has 1 saturated carbocycles. The lowest BCUT2D eigenvalue weighted by Gasteiger charge is -2.24. The molecule has 0 saturated heterocycles. The second kappa shape index (κ2) is 6.36. The topological polar surface area (TPSA) is 42.2 Å². The van der Waals surface area contributed by atoms with E-state index >= 15 is 0 Å². The van der Waals surface area contributed by atoms with Crippen molar-refractivity contribution in [1.82, 2.24) is 4.98 Å². The van der Waals surface area contributed by atoms with Crippen LogP contribution in [0.1, 0.15) is 43.4 Å². The maximum Gasteiger partial charge on any atom is 0.185 e. The quantitative estimate of drug-likeness (QED) is 0.877. The maximum atomic E-state index is 5.61. The molecule has 0 spiro atoms.